The van der Waals surface area contributed by atoms with Crippen LogP contribution in [0.1, 0.15) is 67.8 Å². The molecule has 4 aromatic rings. The molecule has 252 valence electrons. The first-order valence-corrected chi connectivity index (χ1v) is 17.4. The molecule has 0 saturated heterocycles. The van der Waals surface area contributed by atoms with Gasteiger partial charge in [0.25, 0.3) is 5.91 Å². The summed E-state index contributed by atoms with van der Waals surface area (Å²) in [4.78, 5) is 59.2. The molecule has 1 unspecified atom stereocenters. The number of nitrogens with zero attached hydrogens (tertiary/aromatic N) is 2. The van der Waals surface area contributed by atoms with Gasteiger partial charge in [0.2, 0.25) is 11.8 Å². The third-order valence-corrected chi connectivity index (χ3v) is 9.93. The van der Waals surface area contributed by atoms with Crippen molar-refractivity contribution in [3.05, 3.63) is 120 Å². The monoisotopic (exact) mass is 656 g/mol. The number of benzene rings is 4. The maximum absolute atomic E-state index is 14.9. The van der Waals surface area contributed by atoms with Crippen molar-refractivity contribution in [2.24, 2.45) is 23.5 Å². The molecule has 2 aliphatic rings. The number of hydrogen-bond acceptors (Lipinski definition) is 5. The third kappa shape index (κ3) is 7.43. The van der Waals surface area contributed by atoms with Crippen molar-refractivity contribution in [1.29, 1.82) is 0 Å². The van der Waals surface area contributed by atoms with Crippen LogP contribution in [0.15, 0.2) is 109 Å². The minimum absolute atomic E-state index is 0.156. The highest BCUT2D eigenvalue weighted by Gasteiger charge is 2.40. The first-order chi connectivity index (χ1) is 23.9. The molecule has 0 radical (unpaired) electrons. The number of anilines is 4. The van der Waals surface area contributed by atoms with E-state index in [2.05, 4.69) is 5.32 Å². The quantitative estimate of drug-likeness (QED) is 0.155. The number of carbonyl (C=O) groups excluding carboxylic acids is 4. The topological polar surface area (TPSA) is 113 Å². The van der Waals surface area contributed by atoms with Crippen LogP contribution in [0.5, 0.6) is 0 Å². The molecule has 1 heterocycles. The zero-order chi connectivity index (χ0) is 34.3. The van der Waals surface area contributed by atoms with E-state index in [-0.39, 0.29) is 24.1 Å². The Morgan fingerprint density at radius 2 is 1.39 bits per heavy atom. The summed E-state index contributed by atoms with van der Waals surface area (Å²) in [5.41, 5.74) is 9.70. The summed E-state index contributed by atoms with van der Waals surface area (Å²) >= 11 is 0. The molecule has 0 spiro atoms. The van der Waals surface area contributed by atoms with Crippen LogP contribution in [0.3, 0.4) is 0 Å². The maximum Gasteiger partial charge on any atom is 0.256 e. The first-order valence-electron chi connectivity index (χ1n) is 17.4. The van der Waals surface area contributed by atoms with Gasteiger partial charge in [-0.05, 0) is 55.2 Å². The number of hydrogen-bond donors (Lipinski definition) is 2. The Hall–Kier alpha value is -5.24. The van der Waals surface area contributed by atoms with Crippen LogP contribution in [-0.4, -0.2) is 36.1 Å². The van der Waals surface area contributed by atoms with E-state index in [0.717, 1.165) is 37.1 Å². The van der Waals surface area contributed by atoms with E-state index in [1.807, 2.05) is 84.6 Å². The molecule has 1 fully saturated rings. The molecule has 6 rings (SSSR count). The Bertz CT molecular complexity index is 1790. The van der Waals surface area contributed by atoms with E-state index in [1.165, 1.54) is 0 Å². The Balaban J connectivity index is 1.42. The highest BCUT2D eigenvalue weighted by Crippen LogP contribution is 2.41. The summed E-state index contributed by atoms with van der Waals surface area (Å²) in [5, 5.41) is 3.13. The van der Waals surface area contributed by atoms with Gasteiger partial charge in [-0.1, -0.05) is 112 Å². The Kier molecular flexibility index (Phi) is 10.5. The van der Waals surface area contributed by atoms with Crippen molar-refractivity contribution in [3.63, 3.8) is 0 Å². The number of rotatable bonds is 12. The van der Waals surface area contributed by atoms with Crippen LogP contribution in [0.25, 0.3) is 0 Å². The lowest BCUT2D eigenvalue weighted by molar-refractivity contribution is -0.136. The van der Waals surface area contributed by atoms with Gasteiger partial charge in [-0.25, -0.2) is 0 Å². The van der Waals surface area contributed by atoms with Crippen molar-refractivity contribution in [3.8, 4) is 0 Å². The van der Waals surface area contributed by atoms with Gasteiger partial charge in [0.05, 0.1) is 17.9 Å². The van der Waals surface area contributed by atoms with Crippen molar-refractivity contribution in [2.75, 3.05) is 16.3 Å². The molecule has 3 N–H and O–H groups in total. The number of carbonyl (C=O) groups is 4. The number of para-hydroxylation sites is 3. The fourth-order valence-corrected chi connectivity index (χ4v) is 7.47. The highest BCUT2D eigenvalue weighted by atomic mass is 16.2. The van der Waals surface area contributed by atoms with Crippen molar-refractivity contribution >= 4 is 46.3 Å². The summed E-state index contributed by atoms with van der Waals surface area (Å²) in [6.45, 7) is 2.15. The molecule has 3 amide bonds. The van der Waals surface area contributed by atoms with Crippen LogP contribution < -0.4 is 20.9 Å². The van der Waals surface area contributed by atoms with Gasteiger partial charge in [0.15, 0.2) is 5.78 Å². The first kappa shape index (κ1) is 33.7. The number of ketones is 1. The predicted molar refractivity (Wildman–Crippen MR) is 193 cm³/mol. The molecule has 3 atom stereocenters. The maximum atomic E-state index is 14.9. The molecule has 1 aliphatic carbocycles. The summed E-state index contributed by atoms with van der Waals surface area (Å²) < 4.78 is 0. The number of nitrogens with one attached hydrogen (secondary N) is 1. The molecule has 1 aliphatic heterocycles. The van der Waals surface area contributed by atoms with E-state index in [4.69, 9.17) is 5.73 Å². The normalized spacial score (nSPS) is 17.6. The second kappa shape index (κ2) is 15.3. The zero-order valence-electron chi connectivity index (χ0n) is 28.0. The predicted octanol–water partition coefficient (Wildman–Crippen LogP) is 7.32. The van der Waals surface area contributed by atoms with Gasteiger partial charge < -0.3 is 16.0 Å². The summed E-state index contributed by atoms with van der Waals surface area (Å²) in [6.07, 6.45) is 6.05. The lowest BCUT2D eigenvalue weighted by Gasteiger charge is -2.30. The largest absolute Gasteiger partial charge is 0.369 e. The van der Waals surface area contributed by atoms with Crippen molar-refractivity contribution in [1.82, 2.24) is 5.32 Å². The van der Waals surface area contributed by atoms with Gasteiger partial charge in [-0.2, -0.15) is 0 Å². The number of fused-ring (bicyclic) bond motifs is 1. The van der Waals surface area contributed by atoms with E-state index in [0.29, 0.717) is 47.7 Å². The molecule has 4 aromatic carbocycles. The van der Waals surface area contributed by atoms with E-state index < -0.39 is 23.8 Å². The van der Waals surface area contributed by atoms with Crippen molar-refractivity contribution in [2.45, 2.75) is 57.9 Å². The minimum atomic E-state index is -0.977. The summed E-state index contributed by atoms with van der Waals surface area (Å²) in [5.74, 6) is -2.21. The van der Waals surface area contributed by atoms with Crippen LogP contribution in [0.2, 0.25) is 0 Å². The van der Waals surface area contributed by atoms with Crippen molar-refractivity contribution < 1.29 is 19.2 Å². The molecular formula is C41H44N4O4. The van der Waals surface area contributed by atoms with Crippen LogP contribution in [0, 0.1) is 17.8 Å². The second-order valence-electron chi connectivity index (χ2n) is 13.2. The van der Waals surface area contributed by atoms with E-state index >= 15 is 0 Å². The smallest absolute Gasteiger partial charge is 0.256 e. The second-order valence-corrected chi connectivity index (χ2v) is 13.2. The van der Waals surface area contributed by atoms with Gasteiger partial charge in [-0.15, -0.1) is 0 Å². The van der Waals surface area contributed by atoms with Crippen LogP contribution >= 0.6 is 0 Å². The van der Waals surface area contributed by atoms with Gasteiger partial charge in [0.1, 0.15) is 6.04 Å². The Labute approximate surface area is 288 Å². The van der Waals surface area contributed by atoms with Crippen LogP contribution in [0.4, 0.5) is 22.7 Å². The minimum Gasteiger partial charge on any atom is -0.369 e. The number of nitrogens with two attached hydrogens (primary N) is 1. The van der Waals surface area contributed by atoms with E-state index in [9.17, 15) is 19.2 Å². The molecule has 8 heteroatoms. The fourth-order valence-electron chi connectivity index (χ4n) is 7.47. The highest BCUT2D eigenvalue weighted by molar-refractivity contribution is 6.12. The zero-order valence-corrected chi connectivity index (χ0v) is 28.0. The summed E-state index contributed by atoms with van der Waals surface area (Å²) in [6, 6.07) is 32.5. The fraction of sp³-hybridized carbons (Fsp3) is 0.317. The standard InChI is InChI=1S/C41H44N4O4/c1-2-14-33(39(42)47)34(25-28-15-9-10-16-28)40(48)43-35-27-44(31-20-7-4-8-21-31)36-23-11-12-24-37(36)45(41(35)49)32-22-13-19-30(26-32)38(46)29-17-5-3-6-18-29/h3-8,11-13,17-24,26,28,33-35H,2,9-10,14-16,25,27H2,1H3,(H2,42,47)(H,43,48)/t33-,34+,35?/m0/s1. The Morgan fingerprint density at radius 3 is 2.06 bits per heavy atom. The molecule has 8 nitrogen and oxygen atoms in total. The average Bonchev–Trinajstić information content (AvgIpc) is 3.62. The van der Waals surface area contributed by atoms with Gasteiger partial charge >= 0.3 is 0 Å². The molecular weight excluding hydrogens is 612 g/mol. The van der Waals surface area contributed by atoms with Crippen LogP contribution in [-0.2, 0) is 14.4 Å². The SMILES string of the molecule is CCC[C@H](C(N)=O)[C@@H](CC1CCCC1)C(=O)NC1CN(c2ccccc2)c2ccccc2N(c2cccc(C(=O)c3ccccc3)c2)C1=O. The summed E-state index contributed by atoms with van der Waals surface area (Å²) in [7, 11) is 0. The lowest BCUT2D eigenvalue weighted by Crippen LogP contribution is -2.53. The molecule has 1 saturated carbocycles. The van der Waals surface area contributed by atoms with Gasteiger partial charge in [0, 0.05) is 34.3 Å². The van der Waals surface area contributed by atoms with Gasteiger partial charge in [-0.3, -0.25) is 24.1 Å². The molecule has 0 aromatic heterocycles. The number of primary amides is 1. The number of amides is 3. The molecule has 49 heavy (non-hydrogen) atoms. The average molecular weight is 657 g/mol. The Morgan fingerprint density at radius 1 is 0.776 bits per heavy atom. The third-order valence-electron chi connectivity index (χ3n) is 9.93. The molecule has 0 bridgehead atoms. The van der Waals surface area contributed by atoms with E-state index in [1.54, 1.807) is 41.3 Å². The lowest BCUT2D eigenvalue weighted by atomic mass is 9.80.